The molecular weight excluding hydrogens is 220 g/mol. The van der Waals surface area contributed by atoms with Gasteiger partial charge in [-0.15, -0.1) is 10.2 Å². The maximum atomic E-state index is 11.4. The summed E-state index contributed by atoms with van der Waals surface area (Å²) in [5, 5.41) is 13.7. The quantitative estimate of drug-likeness (QED) is 0.792. The minimum absolute atomic E-state index is 0.198. The summed E-state index contributed by atoms with van der Waals surface area (Å²) in [6, 6.07) is 3.71. The van der Waals surface area contributed by atoms with Gasteiger partial charge in [0.05, 0.1) is 12.6 Å². The lowest BCUT2D eigenvalue weighted by Gasteiger charge is -2.10. The number of nitrogens with zero attached hydrogens (tertiary/aromatic N) is 2. The Morgan fingerprint density at radius 3 is 3.00 bits per heavy atom. The number of rotatable bonds is 4. The van der Waals surface area contributed by atoms with E-state index in [1.807, 2.05) is 6.92 Å². The third-order valence-electron chi connectivity index (χ3n) is 2.52. The number of ether oxygens (including phenoxy) is 1. The van der Waals surface area contributed by atoms with Gasteiger partial charge in [-0.25, -0.2) is 0 Å². The van der Waals surface area contributed by atoms with Crippen LogP contribution in [0.4, 0.5) is 5.82 Å². The number of hydrogen-bond donors (Lipinski definition) is 2. The highest BCUT2D eigenvalue weighted by molar-refractivity contribution is 5.92. The standard InChI is InChI=1S/C11H16N4O2/c1-2-12-11(16)9-3-4-10(15-14-9)13-8-5-6-17-7-8/h3-4,8H,2,5-7H2,1H3,(H,12,16)(H,13,15). The van der Waals surface area contributed by atoms with Crippen molar-refractivity contribution in [2.45, 2.75) is 19.4 Å². The predicted molar refractivity (Wildman–Crippen MR) is 62.9 cm³/mol. The average molecular weight is 236 g/mol. The van der Waals surface area contributed by atoms with Crippen LogP contribution in [0.25, 0.3) is 0 Å². The Labute approximate surface area is 99.8 Å². The van der Waals surface area contributed by atoms with Crippen molar-refractivity contribution in [2.24, 2.45) is 0 Å². The summed E-state index contributed by atoms with van der Waals surface area (Å²) in [5.41, 5.74) is 0.333. The normalized spacial score (nSPS) is 19.0. The SMILES string of the molecule is CCNC(=O)c1ccc(NC2CCOC2)nn1. The van der Waals surface area contributed by atoms with Gasteiger partial charge in [-0.3, -0.25) is 4.79 Å². The molecule has 1 unspecified atom stereocenters. The van der Waals surface area contributed by atoms with E-state index < -0.39 is 0 Å². The molecule has 2 N–H and O–H groups in total. The minimum atomic E-state index is -0.198. The van der Waals surface area contributed by atoms with Crippen LogP contribution in [0.15, 0.2) is 12.1 Å². The highest BCUT2D eigenvalue weighted by atomic mass is 16.5. The molecule has 92 valence electrons. The second-order valence-electron chi connectivity index (χ2n) is 3.87. The van der Waals surface area contributed by atoms with Crippen molar-refractivity contribution in [2.75, 3.05) is 25.1 Å². The number of nitrogens with one attached hydrogen (secondary N) is 2. The summed E-state index contributed by atoms with van der Waals surface area (Å²) in [7, 11) is 0. The lowest BCUT2D eigenvalue weighted by atomic mass is 10.2. The summed E-state index contributed by atoms with van der Waals surface area (Å²) in [5.74, 6) is 0.476. The van der Waals surface area contributed by atoms with Gasteiger partial charge < -0.3 is 15.4 Å². The van der Waals surface area contributed by atoms with E-state index in [4.69, 9.17) is 4.74 Å². The fraction of sp³-hybridized carbons (Fsp3) is 0.545. The highest BCUT2D eigenvalue weighted by Gasteiger charge is 2.16. The molecule has 1 atom stereocenters. The first-order valence-electron chi connectivity index (χ1n) is 5.76. The summed E-state index contributed by atoms with van der Waals surface area (Å²) in [6.07, 6.45) is 0.972. The first-order chi connectivity index (χ1) is 8.29. The fourth-order valence-corrected chi connectivity index (χ4v) is 1.64. The molecule has 1 saturated heterocycles. The van der Waals surface area contributed by atoms with Crippen LogP contribution in [0.1, 0.15) is 23.8 Å². The van der Waals surface area contributed by atoms with Crippen molar-refractivity contribution in [1.82, 2.24) is 15.5 Å². The van der Waals surface area contributed by atoms with Gasteiger partial charge in [-0.1, -0.05) is 0 Å². The molecule has 2 heterocycles. The van der Waals surface area contributed by atoms with Crippen molar-refractivity contribution in [1.29, 1.82) is 0 Å². The molecule has 1 aromatic heterocycles. The van der Waals surface area contributed by atoms with Crippen molar-refractivity contribution in [3.05, 3.63) is 17.8 Å². The van der Waals surface area contributed by atoms with Crippen LogP contribution in [0.3, 0.4) is 0 Å². The van der Waals surface area contributed by atoms with Crippen molar-refractivity contribution < 1.29 is 9.53 Å². The molecule has 1 fully saturated rings. The highest BCUT2D eigenvalue weighted by Crippen LogP contribution is 2.10. The molecule has 1 aliphatic heterocycles. The second-order valence-corrected chi connectivity index (χ2v) is 3.87. The van der Waals surface area contributed by atoms with Gasteiger partial charge in [0.2, 0.25) is 0 Å². The predicted octanol–water partition coefficient (Wildman–Crippen LogP) is 0.427. The number of amides is 1. The van der Waals surface area contributed by atoms with Gasteiger partial charge in [-0.2, -0.15) is 0 Å². The van der Waals surface area contributed by atoms with Gasteiger partial charge in [0.1, 0.15) is 5.82 Å². The largest absolute Gasteiger partial charge is 0.379 e. The van der Waals surface area contributed by atoms with E-state index in [-0.39, 0.29) is 5.91 Å². The fourth-order valence-electron chi connectivity index (χ4n) is 1.64. The van der Waals surface area contributed by atoms with Gasteiger partial charge >= 0.3 is 0 Å². The molecule has 0 aromatic carbocycles. The molecule has 1 amide bonds. The Bertz CT molecular complexity index is 374. The molecule has 0 radical (unpaired) electrons. The third-order valence-corrected chi connectivity index (χ3v) is 2.52. The zero-order valence-electron chi connectivity index (χ0n) is 9.77. The van der Waals surface area contributed by atoms with Gasteiger partial charge in [0.15, 0.2) is 5.69 Å². The van der Waals surface area contributed by atoms with Crippen molar-refractivity contribution in [3.8, 4) is 0 Å². The molecule has 2 rings (SSSR count). The number of carbonyl (C=O) groups excluding carboxylic acids is 1. The molecular formula is C11H16N4O2. The maximum absolute atomic E-state index is 11.4. The molecule has 1 aromatic rings. The number of anilines is 1. The molecule has 0 aliphatic carbocycles. The molecule has 0 saturated carbocycles. The second kappa shape index (κ2) is 5.58. The average Bonchev–Trinajstić information content (AvgIpc) is 2.83. The van der Waals surface area contributed by atoms with Crippen LogP contribution >= 0.6 is 0 Å². The molecule has 6 heteroatoms. The van der Waals surface area contributed by atoms with Crippen LogP contribution in [-0.4, -0.2) is 41.9 Å². The minimum Gasteiger partial charge on any atom is -0.379 e. The Morgan fingerprint density at radius 1 is 1.53 bits per heavy atom. The van der Waals surface area contributed by atoms with E-state index in [1.165, 1.54) is 0 Å². The van der Waals surface area contributed by atoms with Gasteiger partial charge in [-0.05, 0) is 25.5 Å². The first-order valence-corrected chi connectivity index (χ1v) is 5.76. The van der Waals surface area contributed by atoms with Gasteiger partial charge in [0.25, 0.3) is 5.91 Å². The lowest BCUT2D eigenvalue weighted by Crippen LogP contribution is -2.24. The molecule has 0 bridgehead atoms. The first kappa shape index (κ1) is 11.8. The lowest BCUT2D eigenvalue weighted by molar-refractivity contribution is 0.0950. The third kappa shape index (κ3) is 3.13. The van der Waals surface area contributed by atoms with E-state index in [9.17, 15) is 4.79 Å². The van der Waals surface area contributed by atoms with Crippen LogP contribution in [-0.2, 0) is 4.74 Å². The number of aromatic nitrogens is 2. The van der Waals surface area contributed by atoms with Crippen LogP contribution in [0.5, 0.6) is 0 Å². The zero-order valence-corrected chi connectivity index (χ0v) is 9.77. The van der Waals surface area contributed by atoms with E-state index in [1.54, 1.807) is 12.1 Å². The Morgan fingerprint density at radius 2 is 2.41 bits per heavy atom. The zero-order chi connectivity index (χ0) is 12.1. The van der Waals surface area contributed by atoms with E-state index in [0.29, 0.717) is 30.7 Å². The van der Waals surface area contributed by atoms with Crippen molar-refractivity contribution in [3.63, 3.8) is 0 Å². The summed E-state index contributed by atoms with van der Waals surface area (Å²) in [4.78, 5) is 11.4. The molecule has 17 heavy (non-hydrogen) atoms. The van der Waals surface area contributed by atoms with Gasteiger partial charge in [0, 0.05) is 13.2 Å². The number of carbonyl (C=O) groups is 1. The van der Waals surface area contributed by atoms with E-state index in [0.717, 1.165) is 13.0 Å². The van der Waals surface area contributed by atoms with Crippen LogP contribution in [0.2, 0.25) is 0 Å². The maximum Gasteiger partial charge on any atom is 0.271 e. The Kier molecular flexibility index (Phi) is 3.87. The van der Waals surface area contributed by atoms with Crippen LogP contribution < -0.4 is 10.6 Å². The molecule has 0 spiro atoms. The van der Waals surface area contributed by atoms with Crippen LogP contribution in [0, 0.1) is 0 Å². The Hall–Kier alpha value is -1.69. The van der Waals surface area contributed by atoms with Crippen molar-refractivity contribution >= 4 is 11.7 Å². The summed E-state index contributed by atoms with van der Waals surface area (Å²) < 4.78 is 5.25. The Balaban J connectivity index is 1.94. The number of hydrogen-bond acceptors (Lipinski definition) is 5. The topological polar surface area (TPSA) is 76.1 Å². The smallest absolute Gasteiger partial charge is 0.271 e. The summed E-state index contributed by atoms with van der Waals surface area (Å²) in [6.45, 7) is 3.92. The summed E-state index contributed by atoms with van der Waals surface area (Å²) >= 11 is 0. The van der Waals surface area contributed by atoms with E-state index in [2.05, 4.69) is 20.8 Å². The molecule has 6 nitrogen and oxygen atoms in total. The van der Waals surface area contributed by atoms with E-state index >= 15 is 0 Å². The monoisotopic (exact) mass is 236 g/mol. The molecule has 1 aliphatic rings.